The number of anilines is 1. The lowest BCUT2D eigenvalue weighted by atomic mass is 10.3. The third-order valence-corrected chi connectivity index (χ3v) is 3.39. The number of halogens is 1. The van der Waals surface area contributed by atoms with Crippen LogP contribution in [0.15, 0.2) is 40.3 Å². The first-order valence-electron chi connectivity index (χ1n) is 6.17. The monoisotopic (exact) mass is 307 g/mol. The molecular weight excluding hydrogens is 293 g/mol. The van der Waals surface area contributed by atoms with Gasteiger partial charge in [0.1, 0.15) is 12.4 Å². The summed E-state index contributed by atoms with van der Waals surface area (Å²) in [5.41, 5.74) is 0.806. The van der Waals surface area contributed by atoms with E-state index in [2.05, 4.69) is 10.3 Å². The first-order chi connectivity index (χ1) is 9.99. The van der Waals surface area contributed by atoms with Crippen LogP contribution in [0.25, 0.3) is 0 Å². The predicted octanol–water partition coefficient (Wildman–Crippen LogP) is 2.05. The molecule has 1 N–H and O–H groups in total. The topological polar surface area (TPSA) is 64.0 Å². The molecule has 0 saturated heterocycles. The van der Waals surface area contributed by atoms with Gasteiger partial charge < -0.3 is 5.32 Å². The minimum absolute atomic E-state index is 0.139. The lowest BCUT2D eigenvalue weighted by Gasteiger charge is -2.11. The van der Waals surface area contributed by atoms with Crippen molar-refractivity contribution in [2.75, 3.05) is 11.6 Å². The normalized spacial score (nSPS) is 10.4. The van der Waals surface area contributed by atoms with Gasteiger partial charge in [0.05, 0.1) is 0 Å². The van der Waals surface area contributed by atoms with E-state index >= 15 is 0 Å². The van der Waals surface area contributed by atoms with E-state index in [1.54, 1.807) is 13.2 Å². The van der Waals surface area contributed by atoms with Crippen LogP contribution in [0, 0.1) is 12.7 Å². The number of hydrogen-bond donors (Lipinski definition) is 1. The number of nitrogens with one attached hydrogen (secondary N) is 1. The Kier molecular flexibility index (Phi) is 4.74. The average molecular weight is 307 g/mol. The summed E-state index contributed by atoms with van der Waals surface area (Å²) in [6.45, 7) is 1.59. The van der Waals surface area contributed by atoms with Crippen LogP contribution in [-0.2, 0) is 11.3 Å². The molecule has 0 unspecified atom stereocenters. The zero-order valence-electron chi connectivity index (χ0n) is 11.6. The van der Waals surface area contributed by atoms with E-state index in [-0.39, 0.29) is 23.8 Å². The number of thioether (sulfide) groups is 1. The minimum atomic E-state index is -0.378. The fourth-order valence-electron chi connectivity index (χ4n) is 1.77. The van der Waals surface area contributed by atoms with Gasteiger partial charge in [0.2, 0.25) is 5.91 Å². The van der Waals surface area contributed by atoms with Crippen molar-refractivity contribution >= 4 is 23.4 Å². The Morgan fingerprint density at radius 2 is 2.05 bits per heavy atom. The van der Waals surface area contributed by atoms with Crippen LogP contribution in [0.2, 0.25) is 0 Å². The second kappa shape index (κ2) is 6.53. The van der Waals surface area contributed by atoms with Crippen molar-refractivity contribution in [3.05, 3.63) is 52.2 Å². The van der Waals surface area contributed by atoms with E-state index in [0.717, 1.165) is 0 Å². The van der Waals surface area contributed by atoms with Crippen molar-refractivity contribution in [3.63, 3.8) is 0 Å². The molecule has 0 aliphatic heterocycles. The fourth-order valence-corrected chi connectivity index (χ4v) is 2.38. The first-order valence-corrected chi connectivity index (χ1v) is 7.40. The van der Waals surface area contributed by atoms with Crippen LogP contribution >= 0.6 is 11.8 Å². The standard InChI is InChI=1S/C14H14FN3O2S/c1-9-7-13(20)18(14(16-9)21-2)8-12(19)17-11-5-3-10(15)4-6-11/h3-7H,8H2,1-2H3,(H,17,19). The third kappa shape index (κ3) is 3.91. The van der Waals surface area contributed by atoms with Crippen molar-refractivity contribution in [2.45, 2.75) is 18.6 Å². The van der Waals surface area contributed by atoms with Crippen molar-refractivity contribution in [1.29, 1.82) is 0 Å². The van der Waals surface area contributed by atoms with Crippen LogP contribution in [0.1, 0.15) is 5.69 Å². The molecule has 0 atom stereocenters. The number of benzene rings is 1. The first kappa shape index (κ1) is 15.2. The van der Waals surface area contributed by atoms with Gasteiger partial charge in [0, 0.05) is 17.4 Å². The smallest absolute Gasteiger partial charge is 0.254 e. The Bertz CT molecular complexity index is 713. The lowest BCUT2D eigenvalue weighted by Crippen LogP contribution is -2.29. The van der Waals surface area contributed by atoms with Crippen LogP contribution < -0.4 is 10.9 Å². The second-order valence-corrected chi connectivity index (χ2v) is 5.14. The summed E-state index contributed by atoms with van der Waals surface area (Å²) in [5.74, 6) is -0.749. The SMILES string of the molecule is CSc1nc(C)cc(=O)n1CC(=O)Nc1ccc(F)cc1. The second-order valence-electron chi connectivity index (χ2n) is 4.36. The Morgan fingerprint density at radius 3 is 2.67 bits per heavy atom. The van der Waals surface area contributed by atoms with Crippen molar-refractivity contribution < 1.29 is 9.18 Å². The molecule has 5 nitrogen and oxygen atoms in total. The van der Waals surface area contributed by atoms with Crippen LogP contribution in [0.5, 0.6) is 0 Å². The maximum atomic E-state index is 12.8. The van der Waals surface area contributed by atoms with Crippen LogP contribution in [0.4, 0.5) is 10.1 Å². The Morgan fingerprint density at radius 1 is 1.38 bits per heavy atom. The average Bonchev–Trinajstić information content (AvgIpc) is 2.44. The molecule has 0 aliphatic rings. The van der Waals surface area contributed by atoms with Gasteiger partial charge in [0.15, 0.2) is 5.16 Å². The molecule has 21 heavy (non-hydrogen) atoms. The number of amides is 1. The van der Waals surface area contributed by atoms with Crippen LogP contribution in [0.3, 0.4) is 0 Å². The van der Waals surface area contributed by atoms with Crippen molar-refractivity contribution in [3.8, 4) is 0 Å². The zero-order chi connectivity index (χ0) is 15.4. The number of rotatable bonds is 4. The number of aromatic nitrogens is 2. The molecule has 7 heteroatoms. The maximum absolute atomic E-state index is 12.8. The summed E-state index contributed by atoms with van der Waals surface area (Å²) < 4.78 is 14.1. The Labute approximate surface area is 125 Å². The third-order valence-electron chi connectivity index (χ3n) is 2.71. The summed E-state index contributed by atoms with van der Waals surface area (Å²) in [5, 5.41) is 3.09. The maximum Gasteiger partial charge on any atom is 0.254 e. The molecule has 0 saturated carbocycles. The quantitative estimate of drug-likeness (QED) is 0.693. The number of nitrogens with zero attached hydrogens (tertiary/aromatic N) is 2. The van der Waals surface area contributed by atoms with Gasteiger partial charge in [-0.05, 0) is 37.4 Å². The largest absolute Gasteiger partial charge is 0.325 e. The van der Waals surface area contributed by atoms with E-state index in [9.17, 15) is 14.0 Å². The molecular formula is C14H14FN3O2S. The molecule has 1 aromatic heterocycles. The summed E-state index contributed by atoms with van der Waals surface area (Å²) in [4.78, 5) is 28.1. The summed E-state index contributed by atoms with van der Waals surface area (Å²) in [6, 6.07) is 6.80. The number of carbonyl (C=O) groups is 1. The van der Waals surface area contributed by atoms with E-state index < -0.39 is 0 Å². The molecule has 0 fully saturated rings. The Hall–Kier alpha value is -2.15. The molecule has 1 heterocycles. The lowest BCUT2D eigenvalue weighted by molar-refractivity contribution is -0.116. The highest BCUT2D eigenvalue weighted by molar-refractivity contribution is 7.98. The molecule has 2 rings (SSSR count). The highest BCUT2D eigenvalue weighted by Crippen LogP contribution is 2.11. The molecule has 0 spiro atoms. The van der Waals surface area contributed by atoms with Gasteiger partial charge in [-0.2, -0.15) is 0 Å². The number of hydrogen-bond acceptors (Lipinski definition) is 4. The fraction of sp³-hybridized carbons (Fsp3) is 0.214. The van der Waals surface area contributed by atoms with E-state index in [4.69, 9.17) is 0 Å². The van der Waals surface area contributed by atoms with Gasteiger partial charge in [-0.25, -0.2) is 9.37 Å². The highest BCUT2D eigenvalue weighted by atomic mass is 32.2. The van der Waals surface area contributed by atoms with Gasteiger partial charge in [-0.1, -0.05) is 11.8 Å². The Balaban J connectivity index is 2.16. The van der Waals surface area contributed by atoms with Crippen molar-refractivity contribution in [1.82, 2.24) is 9.55 Å². The van der Waals surface area contributed by atoms with E-state index in [1.807, 2.05) is 0 Å². The van der Waals surface area contributed by atoms with Gasteiger partial charge in [-0.3, -0.25) is 14.2 Å². The molecule has 0 bridgehead atoms. The minimum Gasteiger partial charge on any atom is -0.325 e. The van der Waals surface area contributed by atoms with Gasteiger partial charge in [0.25, 0.3) is 5.56 Å². The summed E-state index contributed by atoms with van der Waals surface area (Å²) in [7, 11) is 0. The van der Waals surface area contributed by atoms with Gasteiger partial charge >= 0.3 is 0 Å². The molecule has 0 radical (unpaired) electrons. The van der Waals surface area contributed by atoms with Gasteiger partial charge in [-0.15, -0.1) is 0 Å². The highest BCUT2D eigenvalue weighted by Gasteiger charge is 2.11. The molecule has 1 amide bonds. The van der Waals surface area contributed by atoms with Crippen LogP contribution in [-0.4, -0.2) is 21.7 Å². The molecule has 1 aromatic carbocycles. The zero-order valence-corrected chi connectivity index (χ0v) is 12.4. The van der Waals surface area contributed by atoms with E-state index in [1.165, 1.54) is 46.7 Å². The predicted molar refractivity (Wildman–Crippen MR) is 80.0 cm³/mol. The number of aryl methyl sites for hydroxylation is 1. The molecule has 0 aliphatic carbocycles. The summed E-state index contributed by atoms with van der Waals surface area (Å²) >= 11 is 1.30. The van der Waals surface area contributed by atoms with Crippen molar-refractivity contribution in [2.24, 2.45) is 0 Å². The molecule has 110 valence electrons. The molecule has 2 aromatic rings. The summed E-state index contributed by atoms with van der Waals surface area (Å²) in [6.07, 6.45) is 1.79. The van der Waals surface area contributed by atoms with E-state index in [0.29, 0.717) is 16.5 Å². The number of carbonyl (C=O) groups excluding carboxylic acids is 1.